The lowest BCUT2D eigenvalue weighted by Crippen LogP contribution is -2.42. The summed E-state index contributed by atoms with van der Waals surface area (Å²) in [5.41, 5.74) is 2.83. The first kappa shape index (κ1) is 17.6. The third-order valence-corrected chi connectivity index (χ3v) is 4.77. The summed E-state index contributed by atoms with van der Waals surface area (Å²) >= 11 is 0. The highest BCUT2D eigenvalue weighted by atomic mass is 16.1. The van der Waals surface area contributed by atoms with Crippen molar-refractivity contribution in [2.45, 2.75) is 19.5 Å². The minimum absolute atomic E-state index is 0.122. The predicted octanol–water partition coefficient (Wildman–Crippen LogP) is 1.28. The van der Waals surface area contributed by atoms with Gasteiger partial charge >= 0.3 is 0 Å². The summed E-state index contributed by atoms with van der Waals surface area (Å²) in [4.78, 5) is 22.1. The lowest BCUT2D eigenvalue weighted by Gasteiger charge is -2.27. The smallest absolute Gasteiger partial charge is 0.251 e. The summed E-state index contributed by atoms with van der Waals surface area (Å²) < 4.78 is 1.84. The van der Waals surface area contributed by atoms with Crippen LogP contribution in [-0.4, -0.2) is 50.8 Å². The minimum atomic E-state index is -0.122. The number of aromatic amines is 1. The fraction of sp³-hybridized carbons (Fsp3) is 0.350. The van der Waals surface area contributed by atoms with Crippen molar-refractivity contribution in [2.75, 3.05) is 26.2 Å². The van der Waals surface area contributed by atoms with Gasteiger partial charge in [-0.15, -0.1) is 0 Å². The molecule has 3 aromatic rings. The second-order valence-electron chi connectivity index (χ2n) is 6.83. The number of hydrogen-bond donors (Lipinski definition) is 2. The van der Waals surface area contributed by atoms with Crippen molar-refractivity contribution >= 4 is 0 Å². The normalized spacial score (nSPS) is 15.1. The van der Waals surface area contributed by atoms with Gasteiger partial charge < -0.3 is 10.3 Å². The number of nitrogens with zero attached hydrogens (tertiary/aromatic N) is 4. The first-order chi connectivity index (χ1) is 13.3. The third kappa shape index (κ3) is 4.69. The van der Waals surface area contributed by atoms with Crippen LogP contribution < -0.4 is 10.9 Å². The molecule has 2 N–H and O–H groups in total. The number of rotatable bonds is 6. The lowest BCUT2D eigenvalue weighted by molar-refractivity contribution is 0.233. The molecule has 1 aliphatic rings. The Morgan fingerprint density at radius 3 is 2.81 bits per heavy atom. The number of piperazine rings is 1. The second-order valence-corrected chi connectivity index (χ2v) is 6.83. The zero-order chi connectivity index (χ0) is 18.5. The number of benzene rings is 1. The highest BCUT2D eigenvalue weighted by Gasteiger charge is 2.11. The number of nitrogens with one attached hydrogen (secondary N) is 2. The molecule has 0 unspecified atom stereocenters. The van der Waals surface area contributed by atoms with E-state index in [-0.39, 0.29) is 5.56 Å². The van der Waals surface area contributed by atoms with E-state index in [1.807, 2.05) is 29.1 Å². The summed E-state index contributed by atoms with van der Waals surface area (Å²) in [5, 5.41) is 7.57. The Bertz CT molecular complexity index is 928. The maximum absolute atomic E-state index is 12.1. The van der Waals surface area contributed by atoms with Crippen molar-refractivity contribution in [1.29, 1.82) is 0 Å². The van der Waals surface area contributed by atoms with Crippen LogP contribution in [0.25, 0.3) is 11.4 Å². The largest absolute Gasteiger partial charge is 0.314 e. The highest BCUT2D eigenvalue weighted by molar-refractivity contribution is 5.56. The number of aromatic nitrogens is 4. The molecule has 3 heterocycles. The minimum Gasteiger partial charge on any atom is -0.314 e. The molecule has 7 nitrogen and oxygen atoms in total. The maximum atomic E-state index is 12.1. The molecule has 0 saturated carbocycles. The maximum Gasteiger partial charge on any atom is 0.251 e. The second kappa shape index (κ2) is 8.28. The average Bonchev–Trinajstić information content (AvgIpc) is 3.21. The molecule has 1 saturated heterocycles. The highest BCUT2D eigenvalue weighted by Crippen LogP contribution is 2.17. The van der Waals surface area contributed by atoms with Gasteiger partial charge in [0.15, 0.2) is 0 Å². The Morgan fingerprint density at radius 2 is 2.00 bits per heavy atom. The molecular weight excluding hydrogens is 340 g/mol. The van der Waals surface area contributed by atoms with Gasteiger partial charge in [0, 0.05) is 69.7 Å². The quantitative estimate of drug-likeness (QED) is 0.689. The van der Waals surface area contributed by atoms with E-state index in [0.29, 0.717) is 18.8 Å². The van der Waals surface area contributed by atoms with Crippen molar-refractivity contribution in [2.24, 2.45) is 0 Å². The van der Waals surface area contributed by atoms with Crippen LogP contribution >= 0.6 is 0 Å². The molecule has 1 fully saturated rings. The molecule has 0 bridgehead atoms. The number of H-pyrrole nitrogens is 1. The molecule has 0 spiro atoms. The van der Waals surface area contributed by atoms with E-state index < -0.39 is 0 Å². The van der Waals surface area contributed by atoms with Gasteiger partial charge in [-0.2, -0.15) is 5.10 Å². The van der Waals surface area contributed by atoms with Gasteiger partial charge in [-0.05, 0) is 17.7 Å². The van der Waals surface area contributed by atoms with Gasteiger partial charge in [-0.1, -0.05) is 18.2 Å². The van der Waals surface area contributed by atoms with E-state index in [4.69, 9.17) is 0 Å². The molecule has 27 heavy (non-hydrogen) atoms. The van der Waals surface area contributed by atoms with Crippen molar-refractivity contribution in [3.05, 3.63) is 70.4 Å². The Kier molecular flexibility index (Phi) is 5.41. The van der Waals surface area contributed by atoms with Crippen LogP contribution in [0.2, 0.25) is 0 Å². The summed E-state index contributed by atoms with van der Waals surface area (Å²) in [6.07, 6.45) is 4.33. The summed E-state index contributed by atoms with van der Waals surface area (Å²) in [7, 11) is 0. The van der Waals surface area contributed by atoms with Crippen LogP contribution in [0.5, 0.6) is 0 Å². The van der Waals surface area contributed by atoms with Crippen molar-refractivity contribution < 1.29 is 0 Å². The van der Waals surface area contributed by atoms with Crippen LogP contribution in [0.4, 0.5) is 0 Å². The SMILES string of the molecule is O=c1cc(CCn2cccn2)nc(-c2cccc(CN3CCNCC3)c2)[nH]1. The van der Waals surface area contributed by atoms with Crippen LogP contribution in [-0.2, 0) is 19.5 Å². The summed E-state index contributed by atoms with van der Waals surface area (Å²) in [6, 6.07) is 11.7. The summed E-state index contributed by atoms with van der Waals surface area (Å²) in [5.74, 6) is 0.625. The van der Waals surface area contributed by atoms with Gasteiger partial charge in [0.2, 0.25) is 0 Å². The van der Waals surface area contributed by atoms with Gasteiger partial charge in [-0.3, -0.25) is 14.4 Å². The molecule has 0 radical (unpaired) electrons. The van der Waals surface area contributed by atoms with Crippen molar-refractivity contribution in [1.82, 2.24) is 30.0 Å². The molecular formula is C20H24N6O. The Morgan fingerprint density at radius 1 is 1.11 bits per heavy atom. The molecule has 4 rings (SSSR count). The third-order valence-electron chi connectivity index (χ3n) is 4.77. The molecule has 1 aliphatic heterocycles. The van der Waals surface area contributed by atoms with E-state index >= 15 is 0 Å². The monoisotopic (exact) mass is 364 g/mol. The molecule has 140 valence electrons. The van der Waals surface area contributed by atoms with E-state index in [1.165, 1.54) is 5.56 Å². The Hall–Kier alpha value is -2.77. The van der Waals surface area contributed by atoms with Crippen molar-refractivity contribution in [3.63, 3.8) is 0 Å². The van der Waals surface area contributed by atoms with Crippen LogP contribution in [0.15, 0.2) is 53.6 Å². The number of aryl methyl sites for hydroxylation is 2. The van der Waals surface area contributed by atoms with Crippen LogP contribution in [0.1, 0.15) is 11.3 Å². The molecule has 7 heteroatoms. The fourth-order valence-electron chi connectivity index (χ4n) is 3.38. The Balaban J connectivity index is 1.51. The zero-order valence-corrected chi connectivity index (χ0v) is 15.3. The standard InChI is InChI=1S/C20H24N6O/c27-19-14-18(5-10-26-9-2-6-22-26)23-20(24-19)17-4-1-3-16(13-17)15-25-11-7-21-8-12-25/h1-4,6,9,13-14,21H,5,7-8,10-12,15H2,(H,23,24,27). The lowest BCUT2D eigenvalue weighted by atomic mass is 10.1. The number of hydrogen-bond acceptors (Lipinski definition) is 5. The fourth-order valence-corrected chi connectivity index (χ4v) is 3.38. The first-order valence-electron chi connectivity index (χ1n) is 9.36. The molecule has 0 aliphatic carbocycles. The summed E-state index contributed by atoms with van der Waals surface area (Å²) in [6.45, 7) is 5.80. The van der Waals surface area contributed by atoms with Crippen LogP contribution in [0.3, 0.4) is 0 Å². The van der Waals surface area contributed by atoms with E-state index in [2.05, 4.69) is 37.4 Å². The molecule has 0 atom stereocenters. The van der Waals surface area contributed by atoms with E-state index in [9.17, 15) is 4.79 Å². The topological polar surface area (TPSA) is 78.8 Å². The molecule has 2 aromatic heterocycles. The zero-order valence-electron chi connectivity index (χ0n) is 15.3. The van der Waals surface area contributed by atoms with E-state index in [1.54, 1.807) is 12.3 Å². The van der Waals surface area contributed by atoms with Crippen LogP contribution in [0, 0.1) is 0 Å². The predicted molar refractivity (Wildman–Crippen MR) is 104 cm³/mol. The van der Waals surface area contributed by atoms with Gasteiger partial charge in [0.25, 0.3) is 5.56 Å². The van der Waals surface area contributed by atoms with E-state index in [0.717, 1.165) is 44.0 Å². The van der Waals surface area contributed by atoms with Gasteiger partial charge in [-0.25, -0.2) is 4.98 Å². The molecule has 1 aromatic carbocycles. The molecule has 0 amide bonds. The average molecular weight is 364 g/mol. The van der Waals surface area contributed by atoms with Gasteiger partial charge in [0.05, 0.1) is 5.69 Å². The Labute approximate surface area is 158 Å². The van der Waals surface area contributed by atoms with Crippen molar-refractivity contribution in [3.8, 4) is 11.4 Å². The van der Waals surface area contributed by atoms with Gasteiger partial charge in [0.1, 0.15) is 5.82 Å². The first-order valence-corrected chi connectivity index (χ1v) is 9.36.